The number of hydrogen-bond donors (Lipinski definition) is 1. The molecule has 0 saturated carbocycles. The first-order valence-electron chi connectivity index (χ1n) is 8.92. The van der Waals surface area contributed by atoms with Gasteiger partial charge in [-0.2, -0.15) is 0 Å². The molecule has 1 aromatic rings. The Morgan fingerprint density at radius 3 is 2.58 bits per heavy atom. The highest BCUT2D eigenvalue weighted by Crippen LogP contribution is 2.41. The molecule has 0 spiro atoms. The molecule has 2 heterocycles. The third-order valence-electron chi connectivity index (χ3n) is 5.25. The lowest BCUT2D eigenvalue weighted by atomic mass is 9.86. The maximum atomic E-state index is 12.5. The number of amides is 1. The summed E-state index contributed by atoms with van der Waals surface area (Å²) in [6, 6.07) is 8.32. The molecule has 7 nitrogen and oxygen atoms in total. The Morgan fingerprint density at radius 2 is 1.92 bits per heavy atom. The molecule has 1 aromatic carbocycles. The van der Waals surface area contributed by atoms with E-state index < -0.39 is 24.0 Å². The van der Waals surface area contributed by atoms with Gasteiger partial charge >= 0.3 is 11.9 Å². The van der Waals surface area contributed by atoms with Crippen LogP contribution in [0.25, 0.3) is 0 Å². The van der Waals surface area contributed by atoms with Crippen molar-refractivity contribution in [2.75, 3.05) is 13.7 Å². The number of benzene rings is 1. The maximum absolute atomic E-state index is 12.5. The second-order valence-corrected chi connectivity index (χ2v) is 6.73. The summed E-state index contributed by atoms with van der Waals surface area (Å²) < 4.78 is 10.6. The molecule has 4 atom stereocenters. The Morgan fingerprint density at radius 1 is 1.19 bits per heavy atom. The van der Waals surface area contributed by atoms with Crippen LogP contribution in [0, 0.1) is 5.92 Å². The molecule has 1 amide bonds. The molecule has 0 unspecified atom stereocenters. The predicted molar refractivity (Wildman–Crippen MR) is 93.1 cm³/mol. The summed E-state index contributed by atoms with van der Waals surface area (Å²) >= 11 is 0. The van der Waals surface area contributed by atoms with Crippen LogP contribution in [0.4, 0.5) is 0 Å². The lowest BCUT2D eigenvalue weighted by molar-refractivity contribution is -0.160. The van der Waals surface area contributed by atoms with Crippen LogP contribution in [0.15, 0.2) is 30.3 Å². The first-order valence-corrected chi connectivity index (χ1v) is 8.92. The zero-order chi connectivity index (χ0) is 18.7. The number of methoxy groups -OCH3 is 1. The summed E-state index contributed by atoms with van der Waals surface area (Å²) in [5, 5.41) is 0. The quantitative estimate of drug-likeness (QED) is 0.790. The Labute approximate surface area is 152 Å². The molecular weight excluding hydrogens is 336 g/mol. The third-order valence-corrected chi connectivity index (χ3v) is 5.25. The summed E-state index contributed by atoms with van der Waals surface area (Å²) in [5.74, 6) is -1.65. The fourth-order valence-electron chi connectivity index (χ4n) is 4.15. The highest BCUT2D eigenvalue weighted by Gasteiger charge is 2.53. The lowest BCUT2D eigenvalue weighted by Crippen LogP contribution is -2.57. The second kappa shape index (κ2) is 7.86. The Kier molecular flexibility index (Phi) is 5.56. The summed E-state index contributed by atoms with van der Waals surface area (Å²) in [4.78, 5) is 39.1. The van der Waals surface area contributed by atoms with Gasteiger partial charge in [0.05, 0.1) is 12.7 Å². The number of nitrogens with zero attached hydrogens (tertiary/aromatic N) is 1. The summed E-state index contributed by atoms with van der Waals surface area (Å²) in [6.07, 6.45) is 1.56. The molecule has 2 saturated heterocycles. The highest BCUT2D eigenvalue weighted by molar-refractivity contribution is 5.90. The van der Waals surface area contributed by atoms with Gasteiger partial charge in [0.25, 0.3) is 0 Å². The first-order chi connectivity index (χ1) is 12.6. The molecule has 2 fully saturated rings. The highest BCUT2D eigenvalue weighted by atomic mass is 16.6. The summed E-state index contributed by atoms with van der Waals surface area (Å²) in [7, 11) is 1.31. The van der Waals surface area contributed by atoms with E-state index in [9.17, 15) is 14.4 Å². The average molecular weight is 360 g/mol. The Balaban J connectivity index is 1.81. The molecule has 140 valence electrons. The normalized spacial score (nSPS) is 27.1. The van der Waals surface area contributed by atoms with Crippen LogP contribution in [0.1, 0.15) is 36.0 Å². The number of esters is 2. The van der Waals surface area contributed by atoms with Gasteiger partial charge in [-0.15, -0.1) is 0 Å². The predicted octanol–water partition coefficient (Wildman–Crippen LogP) is 1.11. The minimum atomic E-state index is -0.673. The van der Waals surface area contributed by atoms with E-state index in [1.807, 2.05) is 6.07 Å². The summed E-state index contributed by atoms with van der Waals surface area (Å²) in [6.45, 7) is 0.268. The minimum Gasteiger partial charge on any atom is -0.469 e. The zero-order valence-corrected chi connectivity index (χ0v) is 14.8. The number of piperidine rings is 1. The van der Waals surface area contributed by atoms with Gasteiger partial charge in [0.15, 0.2) is 0 Å². The number of fused-ring (bicyclic) bond motifs is 2. The van der Waals surface area contributed by atoms with Crippen molar-refractivity contribution in [2.45, 2.75) is 43.9 Å². The molecule has 0 aliphatic carbocycles. The van der Waals surface area contributed by atoms with Gasteiger partial charge in [0.2, 0.25) is 5.91 Å². The van der Waals surface area contributed by atoms with Crippen molar-refractivity contribution in [3.63, 3.8) is 0 Å². The van der Waals surface area contributed by atoms with Gasteiger partial charge in [-0.25, -0.2) is 4.79 Å². The van der Waals surface area contributed by atoms with Crippen LogP contribution in [-0.4, -0.2) is 54.6 Å². The molecule has 26 heavy (non-hydrogen) atoms. The smallest absolute Gasteiger partial charge is 0.338 e. The van der Waals surface area contributed by atoms with Crippen molar-refractivity contribution in [3.8, 4) is 0 Å². The Bertz CT molecular complexity index is 678. The number of rotatable bonds is 5. The number of carbonyl (C=O) groups is 3. The summed E-state index contributed by atoms with van der Waals surface area (Å²) in [5.41, 5.74) is 5.95. The van der Waals surface area contributed by atoms with Gasteiger partial charge in [-0.3, -0.25) is 9.59 Å². The van der Waals surface area contributed by atoms with Gasteiger partial charge in [-0.1, -0.05) is 18.2 Å². The van der Waals surface area contributed by atoms with E-state index in [0.29, 0.717) is 18.4 Å². The number of carbonyl (C=O) groups excluding carboxylic acids is 3. The number of nitrogens with two attached hydrogens (primary N) is 1. The fraction of sp³-hybridized carbons (Fsp3) is 0.526. The van der Waals surface area contributed by atoms with Crippen LogP contribution < -0.4 is 5.73 Å². The van der Waals surface area contributed by atoms with E-state index in [2.05, 4.69) is 0 Å². The van der Waals surface area contributed by atoms with Crippen molar-refractivity contribution in [1.29, 1.82) is 0 Å². The Hall–Kier alpha value is -2.41. The average Bonchev–Trinajstić information content (AvgIpc) is 2.97. The van der Waals surface area contributed by atoms with E-state index in [0.717, 1.165) is 6.42 Å². The third kappa shape index (κ3) is 3.44. The van der Waals surface area contributed by atoms with Gasteiger partial charge in [-0.05, 0) is 25.0 Å². The van der Waals surface area contributed by atoms with E-state index in [-0.39, 0.29) is 31.0 Å². The number of ether oxygens (including phenoxy) is 2. The van der Waals surface area contributed by atoms with Crippen LogP contribution in [0.5, 0.6) is 0 Å². The van der Waals surface area contributed by atoms with Crippen LogP contribution in [-0.2, 0) is 19.1 Å². The van der Waals surface area contributed by atoms with Crippen molar-refractivity contribution < 1.29 is 23.9 Å². The molecule has 3 rings (SSSR count). The first kappa shape index (κ1) is 18.4. The topological polar surface area (TPSA) is 98.9 Å². The van der Waals surface area contributed by atoms with Crippen LogP contribution >= 0.6 is 0 Å². The zero-order valence-electron chi connectivity index (χ0n) is 14.8. The molecule has 2 bridgehead atoms. The van der Waals surface area contributed by atoms with Gasteiger partial charge in [0.1, 0.15) is 12.0 Å². The van der Waals surface area contributed by atoms with Crippen molar-refractivity contribution in [2.24, 2.45) is 11.7 Å². The molecule has 2 N–H and O–H groups in total. The van der Waals surface area contributed by atoms with Crippen molar-refractivity contribution >= 4 is 17.8 Å². The van der Waals surface area contributed by atoms with Crippen LogP contribution in [0.3, 0.4) is 0 Å². The molecule has 2 aliphatic heterocycles. The minimum absolute atomic E-state index is 0.0338. The van der Waals surface area contributed by atoms with Crippen LogP contribution in [0.2, 0.25) is 0 Å². The molecule has 2 aliphatic rings. The van der Waals surface area contributed by atoms with Gasteiger partial charge in [0, 0.05) is 31.5 Å². The fourth-order valence-corrected chi connectivity index (χ4v) is 4.15. The van der Waals surface area contributed by atoms with E-state index in [1.54, 1.807) is 29.2 Å². The van der Waals surface area contributed by atoms with E-state index in [1.165, 1.54) is 7.11 Å². The monoisotopic (exact) mass is 360 g/mol. The SMILES string of the molecule is COC(=O)[C@H]1[C@@H](OC(=O)c2ccccc2)C[C@@H]2CC[C@H]1N2C(=O)CCN. The van der Waals surface area contributed by atoms with E-state index in [4.69, 9.17) is 15.2 Å². The van der Waals surface area contributed by atoms with Crippen molar-refractivity contribution in [1.82, 2.24) is 4.90 Å². The largest absolute Gasteiger partial charge is 0.469 e. The lowest BCUT2D eigenvalue weighted by Gasteiger charge is -2.42. The molecule has 7 heteroatoms. The molecule has 0 radical (unpaired) electrons. The van der Waals surface area contributed by atoms with Crippen molar-refractivity contribution in [3.05, 3.63) is 35.9 Å². The molecular formula is C19H24N2O5. The maximum Gasteiger partial charge on any atom is 0.338 e. The van der Waals surface area contributed by atoms with E-state index >= 15 is 0 Å². The number of hydrogen-bond acceptors (Lipinski definition) is 6. The molecule has 0 aromatic heterocycles. The van der Waals surface area contributed by atoms with Gasteiger partial charge < -0.3 is 20.1 Å². The standard InChI is InChI=1S/C19H24N2O5/c1-25-19(24)17-14-8-7-13(21(14)16(22)9-10-20)11-15(17)26-18(23)12-5-3-2-4-6-12/h2-6,13-15,17H,7-11,20H2,1H3/t13-,14+,15-,17+/m0/s1. The second-order valence-electron chi connectivity index (χ2n) is 6.73.